The third-order valence-corrected chi connectivity index (χ3v) is 4.55. The van der Waals surface area contributed by atoms with E-state index >= 15 is 0 Å². The molecule has 1 heterocycles. The Morgan fingerprint density at radius 1 is 1.45 bits per heavy atom. The van der Waals surface area contributed by atoms with Crippen LogP contribution in [0.25, 0.3) is 0 Å². The molecule has 2 rings (SSSR count). The first-order chi connectivity index (χ1) is 9.54. The molecule has 1 aliphatic rings. The van der Waals surface area contributed by atoms with Crippen LogP contribution < -0.4 is 4.90 Å². The minimum Gasteiger partial charge on any atom is -0.478 e. The minimum atomic E-state index is -0.875. The summed E-state index contributed by atoms with van der Waals surface area (Å²) in [7, 11) is 2.13. The van der Waals surface area contributed by atoms with E-state index in [-0.39, 0.29) is 0 Å². The van der Waals surface area contributed by atoms with Gasteiger partial charge in [0.15, 0.2) is 0 Å². The lowest BCUT2D eigenvalue weighted by atomic mass is 10.1. The number of carbonyl (C=O) groups is 1. The smallest absolute Gasteiger partial charge is 0.338 e. The van der Waals surface area contributed by atoms with Gasteiger partial charge in [-0.15, -0.1) is 0 Å². The summed E-state index contributed by atoms with van der Waals surface area (Å²) in [6.45, 7) is 5.10. The Morgan fingerprint density at radius 2 is 2.20 bits per heavy atom. The second-order valence-corrected chi connectivity index (χ2v) is 6.16. The molecule has 1 N–H and O–H groups in total. The van der Waals surface area contributed by atoms with Gasteiger partial charge in [-0.3, -0.25) is 0 Å². The number of carboxylic acids is 1. The highest BCUT2D eigenvalue weighted by molar-refractivity contribution is 9.10. The monoisotopic (exact) mass is 340 g/mol. The van der Waals surface area contributed by atoms with Crippen molar-refractivity contribution in [2.75, 3.05) is 31.6 Å². The van der Waals surface area contributed by atoms with Crippen molar-refractivity contribution < 1.29 is 9.90 Å². The molecular formula is C15H21BrN2O2. The molecule has 0 saturated carbocycles. The van der Waals surface area contributed by atoms with Gasteiger partial charge in [-0.2, -0.15) is 0 Å². The molecule has 1 saturated heterocycles. The van der Waals surface area contributed by atoms with Crippen LogP contribution in [-0.2, 0) is 0 Å². The normalized spacial score (nSPS) is 20.8. The zero-order chi connectivity index (χ0) is 14.7. The Hall–Kier alpha value is -1.07. The van der Waals surface area contributed by atoms with Crippen LogP contribution in [0, 0.1) is 0 Å². The van der Waals surface area contributed by atoms with Crippen LogP contribution >= 0.6 is 15.9 Å². The molecule has 0 aromatic heterocycles. The van der Waals surface area contributed by atoms with Gasteiger partial charge in [-0.25, -0.2) is 4.79 Å². The van der Waals surface area contributed by atoms with Gasteiger partial charge in [-0.1, -0.05) is 13.0 Å². The molecule has 4 nitrogen and oxygen atoms in total. The molecule has 110 valence electrons. The summed E-state index contributed by atoms with van der Waals surface area (Å²) >= 11 is 3.37. The summed E-state index contributed by atoms with van der Waals surface area (Å²) < 4.78 is 0.648. The van der Waals surface area contributed by atoms with E-state index < -0.39 is 5.97 Å². The average Bonchev–Trinajstić information content (AvgIpc) is 2.59. The number of hydrogen-bond donors (Lipinski definition) is 1. The van der Waals surface area contributed by atoms with E-state index in [9.17, 15) is 9.90 Å². The topological polar surface area (TPSA) is 43.8 Å². The van der Waals surface area contributed by atoms with Crippen molar-refractivity contribution in [3.05, 3.63) is 28.2 Å². The molecule has 1 aromatic rings. The zero-order valence-corrected chi connectivity index (χ0v) is 13.6. The molecule has 0 spiro atoms. The van der Waals surface area contributed by atoms with Gasteiger partial charge < -0.3 is 14.9 Å². The fraction of sp³-hybridized carbons (Fsp3) is 0.533. The molecule has 1 aromatic carbocycles. The van der Waals surface area contributed by atoms with Crippen molar-refractivity contribution in [2.45, 2.75) is 25.8 Å². The molecule has 1 fully saturated rings. The molecule has 0 aliphatic carbocycles. The SMILES string of the molecule is CCC1CN(C)CCCN1c1cccc(Br)c1C(=O)O. The third kappa shape index (κ3) is 3.15. The van der Waals surface area contributed by atoms with Crippen molar-refractivity contribution >= 4 is 27.6 Å². The second kappa shape index (κ2) is 6.59. The molecule has 5 heteroatoms. The number of halogens is 1. The van der Waals surface area contributed by atoms with E-state index in [1.54, 1.807) is 6.07 Å². The van der Waals surface area contributed by atoms with E-state index in [0.29, 0.717) is 16.1 Å². The van der Waals surface area contributed by atoms with Crippen molar-refractivity contribution in [2.24, 2.45) is 0 Å². The summed E-state index contributed by atoms with van der Waals surface area (Å²) in [4.78, 5) is 16.2. The zero-order valence-electron chi connectivity index (χ0n) is 12.0. The number of likely N-dealkylation sites (N-methyl/N-ethyl adjacent to an activating group) is 1. The van der Waals surface area contributed by atoms with Gasteiger partial charge >= 0.3 is 5.97 Å². The number of anilines is 1. The summed E-state index contributed by atoms with van der Waals surface area (Å²) in [5.41, 5.74) is 1.20. The number of nitrogens with zero attached hydrogens (tertiary/aromatic N) is 2. The van der Waals surface area contributed by atoms with E-state index in [4.69, 9.17) is 0 Å². The number of benzene rings is 1. The van der Waals surface area contributed by atoms with Crippen LogP contribution in [0.2, 0.25) is 0 Å². The van der Waals surface area contributed by atoms with Crippen molar-refractivity contribution in [3.8, 4) is 0 Å². The van der Waals surface area contributed by atoms with Crippen molar-refractivity contribution in [1.29, 1.82) is 0 Å². The van der Waals surface area contributed by atoms with E-state index in [1.165, 1.54) is 0 Å². The molecule has 1 aliphatic heterocycles. The largest absolute Gasteiger partial charge is 0.478 e. The first-order valence-corrected chi connectivity index (χ1v) is 7.81. The second-order valence-electron chi connectivity index (χ2n) is 5.31. The van der Waals surface area contributed by atoms with Crippen LogP contribution in [0.5, 0.6) is 0 Å². The highest BCUT2D eigenvalue weighted by Crippen LogP contribution is 2.31. The lowest BCUT2D eigenvalue weighted by Crippen LogP contribution is -2.40. The van der Waals surface area contributed by atoms with Crippen molar-refractivity contribution in [1.82, 2.24) is 4.90 Å². The maximum absolute atomic E-state index is 11.6. The molecular weight excluding hydrogens is 320 g/mol. The van der Waals surface area contributed by atoms with Gasteiger partial charge in [0.25, 0.3) is 0 Å². The number of rotatable bonds is 3. The molecule has 1 atom stereocenters. The maximum Gasteiger partial charge on any atom is 0.338 e. The molecule has 20 heavy (non-hydrogen) atoms. The van der Waals surface area contributed by atoms with Crippen LogP contribution in [0.15, 0.2) is 22.7 Å². The predicted molar refractivity (Wildman–Crippen MR) is 84.6 cm³/mol. The molecule has 0 amide bonds. The minimum absolute atomic E-state index is 0.356. The van der Waals surface area contributed by atoms with Gasteiger partial charge in [0.05, 0.1) is 11.3 Å². The Balaban J connectivity index is 2.43. The lowest BCUT2D eigenvalue weighted by molar-refractivity contribution is 0.0696. The first kappa shape index (κ1) is 15.3. The number of aromatic carboxylic acids is 1. The number of hydrogen-bond acceptors (Lipinski definition) is 3. The third-order valence-electron chi connectivity index (χ3n) is 3.89. The summed E-state index contributed by atoms with van der Waals surface area (Å²) in [5.74, 6) is -0.875. The fourth-order valence-electron chi connectivity index (χ4n) is 2.87. The summed E-state index contributed by atoms with van der Waals surface area (Å²) in [5, 5.41) is 9.49. The number of carboxylic acid groups (broad SMARTS) is 1. The van der Waals surface area contributed by atoms with E-state index in [1.807, 2.05) is 12.1 Å². The lowest BCUT2D eigenvalue weighted by Gasteiger charge is -2.33. The standard InChI is InChI=1S/C15H21BrN2O2/c1-3-11-10-17(2)8-5-9-18(11)13-7-4-6-12(16)14(13)15(19)20/h4,6-7,11H,3,5,8-10H2,1-2H3,(H,19,20). The quantitative estimate of drug-likeness (QED) is 0.918. The Labute approximate surface area is 128 Å². The predicted octanol–water partition coefficient (Wildman–Crippen LogP) is 3.07. The fourth-order valence-corrected chi connectivity index (χ4v) is 3.40. The highest BCUT2D eigenvalue weighted by Gasteiger charge is 2.26. The maximum atomic E-state index is 11.6. The van der Waals surface area contributed by atoms with E-state index in [2.05, 4.69) is 39.7 Å². The Bertz CT molecular complexity index is 493. The van der Waals surface area contributed by atoms with Gasteiger partial charge in [0.1, 0.15) is 0 Å². The Morgan fingerprint density at radius 3 is 2.85 bits per heavy atom. The average molecular weight is 341 g/mol. The van der Waals surface area contributed by atoms with Crippen molar-refractivity contribution in [3.63, 3.8) is 0 Å². The van der Waals surface area contributed by atoms with Gasteiger partial charge in [0, 0.05) is 23.6 Å². The van der Waals surface area contributed by atoms with Crippen LogP contribution in [-0.4, -0.2) is 48.7 Å². The summed E-state index contributed by atoms with van der Waals surface area (Å²) in [6.07, 6.45) is 2.06. The highest BCUT2D eigenvalue weighted by atomic mass is 79.9. The van der Waals surface area contributed by atoms with E-state index in [0.717, 1.165) is 38.2 Å². The molecule has 0 bridgehead atoms. The molecule has 0 radical (unpaired) electrons. The Kier molecular flexibility index (Phi) is 5.05. The summed E-state index contributed by atoms with van der Waals surface area (Å²) in [6, 6.07) is 5.97. The van der Waals surface area contributed by atoms with Crippen LogP contribution in [0.4, 0.5) is 5.69 Å². The van der Waals surface area contributed by atoms with Gasteiger partial charge in [0.2, 0.25) is 0 Å². The van der Waals surface area contributed by atoms with Gasteiger partial charge in [-0.05, 0) is 54.5 Å². The van der Waals surface area contributed by atoms with Crippen LogP contribution in [0.1, 0.15) is 30.1 Å². The first-order valence-electron chi connectivity index (χ1n) is 7.01. The van der Waals surface area contributed by atoms with Crippen LogP contribution in [0.3, 0.4) is 0 Å². The molecule has 1 unspecified atom stereocenters.